The number of fused-ring (bicyclic) bond motifs is 1. The molecule has 1 aliphatic carbocycles. The van der Waals surface area contributed by atoms with Gasteiger partial charge in [-0.3, -0.25) is 9.59 Å². The zero-order valence-electron chi connectivity index (χ0n) is 15.8. The molecule has 0 saturated carbocycles. The Balaban J connectivity index is 2.31. The third kappa shape index (κ3) is 2.79. The van der Waals surface area contributed by atoms with Crippen molar-refractivity contribution < 1.29 is 33.6 Å². The predicted molar refractivity (Wildman–Crippen MR) is 102 cm³/mol. The molecule has 8 nitrogen and oxygen atoms in total. The third-order valence-corrected chi connectivity index (χ3v) is 4.52. The summed E-state index contributed by atoms with van der Waals surface area (Å²) in [5.41, 5.74) is 6.30. The smallest absolute Gasteiger partial charge is 0.237 e. The van der Waals surface area contributed by atoms with E-state index in [1.165, 1.54) is 52.7 Å². The first-order valence-electron chi connectivity index (χ1n) is 8.18. The number of methoxy groups -OCH3 is 4. The number of Topliss-reactive ketones (excluding diaryl/α,β-unsaturated/α-hetero) is 2. The number of hydrogen-bond acceptors (Lipinski definition) is 8. The van der Waals surface area contributed by atoms with Crippen molar-refractivity contribution in [1.29, 1.82) is 0 Å². The van der Waals surface area contributed by atoms with Crippen molar-refractivity contribution >= 4 is 28.6 Å². The fourth-order valence-electron chi connectivity index (χ4n) is 3.10. The highest BCUT2D eigenvalue weighted by atomic mass is 16.5. The monoisotopic (exact) mass is 385 g/mol. The van der Waals surface area contributed by atoms with E-state index in [1.807, 2.05) is 0 Å². The zero-order chi connectivity index (χ0) is 20.6. The molecule has 0 atom stereocenters. The Morgan fingerprint density at radius 2 is 1.11 bits per heavy atom. The van der Waals surface area contributed by atoms with Gasteiger partial charge in [-0.1, -0.05) is 0 Å². The van der Waals surface area contributed by atoms with E-state index >= 15 is 0 Å². The second kappa shape index (κ2) is 7.15. The summed E-state index contributed by atoms with van der Waals surface area (Å²) in [5, 5.41) is 10.8. The number of rotatable bonds is 5. The van der Waals surface area contributed by atoms with Crippen molar-refractivity contribution in [3.63, 3.8) is 0 Å². The number of aliphatic hydroxyl groups is 1. The summed E-state index contributed by atoms with van der Waals surface area (Å²) in [6, 6.07) is 5.69. The average Bonchev–Trinajstić information content (AvgIpc) is 2.71. The average molecular weight is 385 g/mol. The van der Waals surface area contributed by atoms with Gasteiger partial charge in [0.1, 0.15) is 5.76 Å². The van der Waals surface area contributed by atoms with Gasteiger partial charge in [0.15, 0.2) is 23.0 Å². The first kappa shape index (κ1) is 19.1. The molecule has 2 aromatic carbocycles. The van der Waals surface area contributed by atoms with Crippen LogP contribution in [0.3, 0.4) is 0 Å². The molecule has 2 aromatic rings. The molecule has 1 aliphatic rings. The van der Waals surface area contributed by atoms with E-state index in [9.17, 15) is 14.7 Å². The highest BCUT2D eigenvalue weighted by molar-refractivity contribution is 6.62. The maximum Gasteiger partial charge on any atom is 0.237 e. The van der Waals surface area contributed by atoms with Gasteiger partial charge in [0.2, 0.25) is 11.6 Å². The first-order chi connectivity index (χ1) is 13.4. The van der Waals surface area contributed by atoms with Crippen LogP contribution in [0.2, 0.25) is 0 Å². The van der Waals surface area contributed by atoms with Crippen molar-refractivity contribution in [1.82, 2.24) is 0 Å². The van der Waals surface area contributed by atoms with E-state index in [0.29, 0.717) is 17.2 Å². The summed E-state index contributed by atoms with van der Waals surface area (Å²) >= 11 is 0. The fourth-order valence-corrected chi connectivity index (χ4v) is 3.10. The quantitative estimate of drug-likeness (QED) is 0.595. The van der Waals surface area contributed by atoms with Gasteiger partial charge in [-0.15, -0.1) is 0 Å². The number of anilines is 1. The van der Waals surface area contributed by atoms with Crippen LogP contribution in [-0.4, -0.2) is 45.1 Å². The fraction of sp³-hybridized carbons (Fsp3) is 0.200. The lowest BCUT2D eigenvalue weighted by Crippen LogP contribution is -2.24. The number of nitrogens with two attached hydrogens (primary N) is 1. The maximum atomic E-state index is 12.8. The van der Waals surface area contributed by atoms with Gasteiger partial charge in [-0.05, 0) is 18.2 Å². The minimum Gasteiger partial charge on any atom is -0.506 e. The molecule has 0 spiro atoms. The van der Waals surface area contributed by atoms with Crippen molar-refractivity contribution in [3.05, 3.63) is 41.0 Å². The Morgan fingerprint density at radius 1 is 0.679 bits per heavy atom. The van der Waals surface area contributed by atoms with Gasteiger partial charge in [-0.2, -0.15) is 0 Å². The van der Waals surface area contributed by atoms with Crippen LogP contribution in [-0.2, 0) is 4.79 Å². The highest BCUT2D eigenvalue weighted by Crippen LogP contribution is 2.42. The van der Waals surface area contributed by atoms with Crippen LogP contribution >= 0.6 is 0 Å². The van der Waals surface area contributed by atoms with Crippen LogP contribution in [0.25, 0.3) is 11.3 Å². The number of aliphatic hydroxyl groups excluding tert-OH is 1. The number of hydrogen-bond donors (Lipinski definition) is 2. The van der Waals surface area contributed by atoms with E-state index in [0.717, 1.165) is 0 Å². The van der Waals surface area contributed by atoms with Crippen LogP contribution in [0.15, 0.2) is 24.3 Å². The second-order valence-corrected chi connectivity index (χ2v) is 5.93. The van der Waals surface area contributed by atoms with Crippen molar-refractivity contribution in [3.8, 4) is 23.0 Å². The van der Waals surface area contributed by atoms with Crippen molar-refractivity contribution in [2.75, 3.05) is 34.2 Å². The summed E-state index contributed by atoms with van der Waals surface area (Å²) in [6.45, 7) is 0. The molecule has 3 N–H and O–H groups in total. The van der Waals surface area contributed by atoms with Crippen LogP contribution in [0.1, 0.15) is 21.5 Å². The van der Waals surface area contributed by atoms with Crippen LogP contribution in [0.5, 0.6) is 23.0 Å². The molecule has 0 aromatic heterocycles. The van der Waals surface area contributed by atoms with Gasteiger partial charge >= 0.3 is 0 Å². The molecule has 0 saturated heterocycles. The van der Waals surface area contributed by atoms with Gasteiger partial charge in [0, 0.05) is 28.4 Å². The summed E-state index contributed by atoms with van der Waals surface area (Å²) in [6.07, 6.45) is 0. The van der Waals surface area contributed by atoms with E-state index < -0.39 is 11.6 Å². The molecule has 3 rings (SSSR count). The molecule has 0 fully saturated rings. The topological polar surface area (TPSA) is 117 Å². The molecule has 8 heteroatoms. The number of nitrogen functional groups attached to an aromatic ring is 1. The minimum atomic E-state index is -0.892. The highest BCUT2D eigenvalue weighted by Gasteiger charge is 2.36. The molecule has 28 heavy (non-hydrogen) atoms. The molecule has 0 unspecified atom stereocenters. The molecule has 0 bridgehead atoms. The first-order valence-corrected chi connectivity index (χ1v) is 8.18. The van der Waals surface area contributed by atoms with Crippen LogP contribution < -0.4 is 24.7 Å². The molecule has 0 radical (unpaired) electrons. The van der Waals surface area contributed by atoms with E-state index in [2.05, 4.69) is 0 Å². The predicted octanol–water partition coefficient (Wildman–Crippen LogP) is 2.49. The lowest BCUT2D eigenvalue weighted by atomic mass is 9.84. The van der Waals surface area contributed by atoms with E-state index in [4.69, 9.17) is 24.7 Å². The Kier molecular flexibility index (Phi) is 4.87. The number of ketones is 2. The molecule has 146 valence electrons. The van der Waals surface area contributed by atoms with Crippen molar-refractivity contribution in [2.24, 2.45) is 0 Å². The molecule has 0 aliphatic heterocycles. The number of ether oxygens (including phenoxy) is 4. The summed E-state index contributed by atoms with van der Waals surface area (Å²) < 4.78 is 20.8. The largest absolute Gasteiger partial charge is 0.506 e. The van der Waals surface area contributed by atoms with Gasteiger partial charge in [0.05, 0.1) is 34.0 Å². The van der Waals surface area contributed by atoms with Gasteiger partial charge < -0.3 is 29.8 Å². The number of allylic oxidation sites excluding steroid dienone is 1. The second-order valence-electron chi connectivity index (χ2n) is 5.93. The number of carbonyl (C=O) groups is 2. The summed E-state index contributed by atoms with van der Waals surface area (Å²) in [4.78, 5) is 25.5. The lowest BCUT2D eigenvalue weighted by Gasteiger charge is -2.21. The SMILES string of the molecule is COc1cc(N)c(C2=C(O)c3cc(OC)c(OC)cc3C(=O)C2=O)cc1OC. The molecular formula is C20H19NO7. The molecular weight excluding hydrogens is 366 g/mol. The minimum absolute atomic E-state index is 0.0166. The Bertz CT molecular complexity index is 1020. The standard InChI is InChI=1S/C20H19NO7/c1-25-13-5-9-10(6-14(13)26-2)19(23)20(24)17(18(9)22)11-7-15(27-3)16(28-4)8-12(11)21/h5-8,22H,21H2,1-4H3. The van der Waals surface area contributed by atoms with Crippen LogP contribution in [0, 0.1) is 0 Å². The van der Waals surface area contributed by atoms with Gasteiger partial charge in [0.25, 0.3) is 0 Å². The Morgan fingerprint density at radius 3 is 1.61 bits per heavy atom. The Hall–Kier alpha value is -3.68. The Labute approximate surface area is 161 Å². The lowest BCUT2D eigenvalue weighted by molar-refractivity contribution is -0.110. The summed E-state index contributed by atoms with van der Waals surface area (Å²) in [7, 11) is 5.70. The van der Waals surface area contributed by atoms with E-state index in [1.54, 1.807) is 0 Å². The maximum absolute atomic E-state index is 12.8. The molecule has 0 amide bonds. The van der Waals surface area contributed by atoms with E-state index in [-0.39, 0.29) is 39.5 Å². The zero-order valence-corrected chi connectivity index (χ0v) is 15.8. The normalized spacial score (nSPS) is 13.3. The number of carbonyl (C=O) groups excluding carboxylic acids is 2. The number of benzene rings is 2. The van der Waals surface area contributed by atoms with Crippen molar-refractivity contribution in [2.45, 2.75) is 0 Å². The van der Waals surface area contributed by atoms with Crippen LogP contribution in [0.4, 0.5) is 5.69 Å². The summed E-state index contributed by atoms with van der Waals surface area (Å²) in [5.74, 6) is -0.858. The third-order valence-electron chi connectivity index (χ3n) is 4.52. The molecule has 0 heterocycles. The van der Waals surface area contributed by atoms with Gasteiger partial charge in [-0.25, -0.2) is 0 Å².